The highest BCUT2D eigenvalue weighted by Gasteiger charge is 2.56. The minimum atomic E-state index is -4.01. The molecule has 9 heteroatoms. The molecule has 2 saturated heterocycles. The van der Waals surface area contributed by atoms with E-state index in [-0.39, 0.29) is 17.7 Å². The number of hydrogen-bond donors (Lipinski definition) is 2. The lowest BCUT2D eigenvalue weighted by atomic mass is 10.1. The van der Waals surface area contributed by atoms with Crippen molar-refractivity contribution in [1.82, 2.24) is 6.15 Å². The van der Waals surface area contributed by atoms with Gasteiger partial charge in [0.15, 0.2) is 5.79 Å². The maximum atomic E-state index is 12.4. The fraction of sp³-hybridized carbons (Fsp3) is 0.600. The normalized spacial score (nSPS) is 31.5. The molecule has 1 unspecified atom stereocenters. The van der Waals surface area contributed by atoms with Crippen LogP contribution in [-0.4, -0.2) is 50.5 Å². The number of benzene rings is 1. The Bertz CT molecular complexity index is 674. The molecule has 0 bridgehead atoms. The van der Waals surface area contributed by atoms with Gasteiger partial charge in [-0.3, -0.25) is 0 Å². The molecule has 2 heterocycles. The Balaban J connectivity index is 0.00000208. The monoisotopic (exact) mass is 361 g/mol. The molecule has 0 amide bonds. The van der Waals surface area contributed by atoms with Gasteiger partial charge in [-0.25, -0.2) is 4.18 Å². The Labute approximate surface area is 141 Å². The second-order valence-corrected chi connectivity index (χ2v) is 7.73. The van der Waals surface area contributed by atoms with Crippen LogP contribution in [0.25, 0.3) is 0 Å². The summed E-state index contributed by atoms with van der Waals surface area (Å²) in [6.07, 6.45) is -3.15. The lowest BCUT2D eigenvalue weighted by Crippen LogP contribution is -2.33. The fourth-order valence-electron chi connectivity index (χ4n) is 2.75. The standard InChI is InChI=1S/C15H20O7S.H3N/c1-9-4-6-10(7-5-9)23(17,18)22-14-13-12(11(8-16)19-14)20-15(2,3)21-13;/h4-7,11-14,16H,8H2,1-3H3;1H3/t11-,12-,13-,14?;/m1./s1. The van der Waals surface area contributed by atoms with Crippen molar-refractivity contribution in [3.8, 4) is 0 Å². The van der Waals surface area contributed by atoms with Gasteiger partial charge in [0.1, 0.15) is 18.3 Å². The minimum absolute atomic E-state index is 0. The van der Waals surface area contributed by atoms with Crippen LogP contribution in [0.4, 0.5) is 0 Å². The van der Waals surface area contributed by atoms with Crippen molar-refractivity contribution in [2.75, 3.05) is 6.61 Å². The quantitative estimate of drug-likeness (QED) is 0.763. The van der Waals surface area contributed by atoms with Gasteiger partial charge < -0.3 is 25.5 Å². The molecule has 2 aliphatic heterocycles. The highest BCUT2D eigenvalue weighted by molar-refractivity contribution is 7.86. The van der Waals surface area contributed by atoms with Crippen LogP contribution >= 0.6 is 0 Å². The van der Waals surface area contributed by atoms with Crippen molar-refractivity contribution in [3.63, 3.8) is 0 Å². The van der Waals surface area contributed by atoms with E-state index in [0.29, 0.717) is 0 Å². The smallest absolute Gasteiger partial charge is 0.299 e. The van der Waals surface area contributed by atoms with Gasteiger partial charge in [0.25, 0.3) is 10.1 Å². The number of aliphatic hydroxyl groups excluding tert-OH is 1. The summed E-state index contributed by atoms with van der Waals surface area (Å²) in [7, 11) is -4.01. The Morgan fingerprint density at radius 3 is 2.33 bits per heavy atom. The number of aliphatic hydroxyl groups is 1. The second-order valence-electron chi connectivity index (χ2n) is 6.15. The first kappa shape index (κ1) is 19.3. The van der Waals surface area contributed by atoms with E-state index in [2.05, 4.69) is 0 Å². The van der Waals surface area contributed by atoms with Crippen LogP contribution in [0.1, 0.15) is 19.4 Å². The zero-order chi connectivity index (χ0) is 16.8. The van der Waals surface area contributed by atoms with Crippen molar-refractivity contribution in [3.05, 3.63) is 29.8 Å². The third kappa shape index (κ3) is 3.62. The molecular formula is C15H23NO7S. The zero-order valence-electron chi connectivity index (χ0n) is 13.8. The molecule has 4 N–H and O–H groups in total. The molecule has 2 fully saturated rings. The third-order valence-electron chi connectivity index (χ3n) is 3.82. The first-order chi connectivity index (χ1) is 10.7. The summed E-state index contributed by atoms with van der Waals surface area (Å²) in [6, 6.07) is 6.31. The molecule has 4 atom stereocenters. The van der Waals surface area contributed by atoms with E-state index in [1.807, 2.05) is 6.92 Å². The SMILES string of the molecule is Cc1ccc(S(=O)(=O)OC2O[C@H](CO)[C@H]3OC(C)(C)O[C@@H]23)cc1.N. The predicted molar refractivity (Wildman–Crippen MR) is 84.0 cm³/mol. The van der Waals surface area contributed by atoms with Gasteiger partial charge in [-0.15, -0.1) is 0 Å². The number of aryl methyl sites for hydroxylation is 1. The van der Waals surface area contributed by atoms with Crippen LogP contribution in [0.2, 0.25) is 0 Å². The molecule has 0 radical (unpaired) electrons. The molecule has 0 aromatic heterocycles. The molecule has 1 aromatic carbocycles. The van der Waals surface area contributed by atoms with Gasteiger partial charge in [0, 0.05) is 0 Å². The number of hydrogen-bond acceptors (Lipinski definition) is 8. The van der Waals surface area contributed by atoms with Crippen LogP contribution in [0, 0.1) is 6.92 Å². The van der Waals surface area contributed by atoms with Crippen LogP contribution < -0.4 is 6.15 Å². The minimum Gasteiger partial charge on any atom is -0.394 e. The Morgan fingerprint density at radius 1 is 1.17 bits per heavy atom. The average Bonchev–Trinajstić information content (AvgIpc) is 2.93. The molecular weight excluding hydrogens is 338 g/mol. The Hall–Kier alpha value is -1.07. The zero-order valence-corrected chi connectivity index (χ0v) is 14.7. The van der Waals surface area contributed by atoms with Crippen LogP contribution in [0.5, 0.6) is 0 Å². The fourth-order valence-corrected chi connectivity index (χ4v) is 3.74. The molecule has 2 aliphatic rings. The summed E-state index contributed by atoms with van der Waals surface area (Å²) in [5, 5.41) is 9.38. The van der Waals surface area contributed by atoms with Crippen LogP contribution in [-0.2, 0) is 28.5 Å². The van der Waals surface area contributed by atoms with Gasteiger partial charge in [0.05, 0.1) is 11.5 Å². The van der Waals surface area contributed by atoms with Crippen LogP contribution in [0.3, 0.4) is 0 Å². The van der Waals surface area contributed by atoms with E-state index in [0.717, 1.165) is 5.56 Å². The maximum absolute atomic E-state index is 12.4. The van der Waals surface area contributed by atoms with Gasteiger partial charge in [-0.2, -0.15) is 8.42 Å². The van der Waals surface area contributed by atoms with E-state index in [1.165, 1.54) is 12.1 Å². The molecule has 3 rings (SSSR count). The van der Waals surface area contributed by atoms with Crippen LogP contribution in [0.15, 0.2) is 29.2 Å². The molecule has 8 nitrogen and oxygen atoms in total. The molecule has 0 aliphatic carbocycles. The van der Waals surface area contributed by atoms with E-state index in [4.69, 9.17) is 18.4 Å². The number of rotatable bonds is 4. The van der Waals surface area contributed by atoms with Crippen molar-refractivity contribution in [1.29, 1.82) is 0 Å². The van der Waals surface area contributed by atoms with Crippen molar-refractivity contribution in [2.45, 2.75) is 56.1 Å². The largest absolute Gasteiger partial charge is 0.394 e. The summed E-state index contributed by atoms with van der Waals surface area (Å²) in [5.74, 6) is -0.887. The molecule has 24 heavy (non-hydrogen) atoms. The molecule has 0 spiro atoms. The predicted octanol–water partition coefficient (Wildman–Crippen LogP) is 1.10. The van der Waals surface area contributed by atoms with Gasteiger partial charge in [0.2, 0.25) is 6.29 Å². The topological polar surface area (TPSA) is 126 Å². The first-order valence-electron chi connectivity index (χ1n) is 7.34. The summed E-state index contributed by atoms with van der Waals surface area (Å²) < 4.78 is 46.7. The summed E-state index contributed by atoms with van der Waals surface area (Å²) in [6.45, 7) is 4.97. The Kier molecular flexibility index (Phi) is 5.36. The van der Waals surface area contributed by atoms with Gasteiger partial charge in [-0.1, -0.05) is 17.7 Å². The van der Waals surface area contributed by atoms with Gasteiger partial charge >= 0.3 is 0 Å². The van der Waals surface area contributed by atoms with Crippen molar-refractivity contribution < 1.29 is 31.9 Å². The van der Waals surface area contributed by atoms with E-state index < -0.39 is 40.5 Å². The van der Waals surface area contributed by atoms with Gasteiger partial charge in [-0.05, 0) is 32.9 Å². The lowest BCUT2D eigenvalue weighted by Gasteiger charge is -2.23. The highest BCUT2D eigenvalue weighted by Crippen LogP contribution is 2.39. The number of fused-ring (bicyclic) bond motifs is 1. The molecule has 1 aromatic rings. The summed E-state index contributed by atoms with van der Waals surface area (Å²) >= 11 is 0. The summed E-state index contributed by atoms with van der Waals surface area (Å²) in [4.78, 5) is 0.0360. The third-order valence-corrected chi connectivity index (χ3v) is 5.11. The summed E-state index contributed by atoms with van der Waals surface area (Å²) in [5.41, 5.74) is 0.941. The molecule has 0 saturated carbocycles. The maximum Gasteiger partial charge on any atom is 0.299 e. The van der Waals surface area contributed by atoms with Crippen molar-refractivity contribution >= 4 is 10.1 Å². The first-order valence-corrected chi connectivity index (χ1v) is 8.74. The molecule has 136 valence electrons. The highest BCUT2D eigenvalue weighted by atomic mass is 32.2. The van der Waals surface area contributed by atoms with Crippen molar-refractivity contribution in [2.24, 2.45) is 0 Å². The Morgan fingerprint density at radius 2 is 1.75 bits per heavy atom. The van der Waals surface area contributed by atoms with E-state index >= 15 is 0 Å². The lowest BCUT2D eigenvalue weighted by molar-refractivity contribution is -0.216. The second kappa shape index (κ2) is 6.68. The number of ether oxygens (including phenoxy) is 3. The average molecular weight is 361 g/mol. The van der Waals surface area contributed by atoms with E-state index in [9.17, 15) is 13.5 Å². The van der Waals surface area contributed by atoms with E-state index in [1.54, 1.807) is 26.0 Å².